The van der Waals surface area contributed by atoms with E-state index in [1.54, 1.807) is 18.2 Å². The van der Waals surface area contributed by atoms with Crippen molar-refractivity contribution in [1.29, 1.82) is 5.26 Å². The average molecular weight is 615 g/mol. The SMILES string of the molecule is N#Cc1cc(-c2ncnc(Nc3ccc(N4CCN(C5COC5)CC4)cc3)n2)ccc1OC1CCN(C(=O)C2(O)CC2)CC1F. The van der Waals surface area contributed by atoms with E-state index < -0.39 is 23.8 Å². The second kappa shape index (κ2) is 12.2. The Bertz CT molecular complexity index is 1580. The van der Waals surface area contributed by atoms with Crippen LogP contribution in [0.15, 0.2) is 48.8 Å². The minimum absolute atomic E-state index is 0.150. The number of aliphatic hydroxyl groups is 1. The number of piperazine rings is 1. The molecule has 12 nitrogen and oxygen atoms in total. The second-order valence-electron chi connectivity index (χ2n) is 12.1. The zero-order chi connectivity index (χ0) is 31.0. The van der Waals surface area contributed by atoms with Crippen LogP contribution < -0.4 is 15.0 Å². The maximum Gasteiger partial charge on any atom is 0.254 e. The summed E-state index contributed by atoms with van der Waals surface area (Å²) >= 11 is 0. The van der Waals surface area contributed by atoms with E-state index >= 15 is 4.39 Å². The van der Waals surface area contributed by atoms with Gasteiger partial charge in [-0.2, -0.15) is 10.2 Å². The van der Waals surface area contributed by atoms with Crippen LogP contribution >= 0.6 is 0 Å². The van der Waals surface area contributed by atoms with Crippen molar-refractivity contribution in [2.45, 2.75) is 43.2 Å². The van der Waals surface area contributed by atoms with Crippen molar-refractivity contribution in [3.8, 4) is 23.2 Å². The van der Waals surface area contributed by atoms with Crippen molar-refractivity contribution < 1.29 is 23.8 Å². The number of piperidine rings is 1. The van der Waals surface area contributed by atoms with E-state index in [9.17, 15) is 15.2 Å². The number of carbonyl (C=O) groups is 1. The number of hydrogen-bond donors (Lipinski definition) is 2. The smallest absolute Gasteiger partial charge is 0.254 e. The first-order valence-corrected chi connectivity index (χ1v) is 15.4. The number of alkyl halides is 1. The largest absolute Gasteiger partial charge is 0.486 e. The van der Waals surface area contributed by atoms with Crippen LogP contribution in [0.25, 0.3) is 11.4 Å². The first kappa shape index (κ1) is 29.3. The molecule has 2 aromatic carbocycles. The molecule has 3 saturated heterocycles. The monoisotopic (exact) mass is 614 g/mol. The number of amides is 1. The molecule has 4 fully saturated rings. The number of nitriles is 1. The lowest BCUT2D eigenvalue weighted by atomic mass is 10.0. The lowest BCUT2D eigenvalue weighted by Gasteiger charge is -2.43. The Labute approximate surface area is 260 Å². The Morgan fingerprint density at radius 3 is 2.53 bits per heavy atom. The molecule has 3 aliphatic heterocycles. The Morgan fingerprint density at radius 2 is 1.87 bits per heavy atom. The Kier molecular flexibility index (Phi) is 7.95. The molecule has 0 spiro atoms. The molecule has 13 heteroatoms. The number of nitrogens with one attached hydrogen (secondary N) is 1. The Morgan fingerprint density at radius 1 is 1.09 bits per heavy atom. The third kappa shape index (κ3) is 6.26. The molecule has 2 unspecified atom stereocenters. The summed E-state index contributed by atoms with van der Waals surface area (Å²) in [5.74, 6) is 0.564. The standard InChI is InChI=1S/C32H35FN8O4/c33-26-17-41(30(42)32(43)8-9-32)10-7-28(26)45-27-6-1-21(15-22(27)16-34)29-35-20-36-31(38-29)37-23-2-4-24(5-3-23)39-11-13-40(14-12-39)25-18-44-19-25/h1-6,15,20,25-26,28,43H,7-14,17-19H2,(H,35,36,37,38). The third-order valence-electron chi connectivity index (χ3n) is 9.04. The fourth-order valence-electron chi connectivity index (χ4n) is 6.01. The van der Waals surface area contributed by atoms with Gasteiger partial charge < -0.3 is 29.7 Å². The van der Waals surface area contributed by atoms with Crippen LogP contribution in [-0.4, -0.2) is 112 Å². The van der Waals surface area contributed by atoms with Gasteiger partial charge in [0.25, 0.3) is 5.91 Å². The molecule has 45 heavy (non-hydrogen) atoms. The van der Waals surface area contributed by atoms with E-state index in [1.165, 1.54) is 16.9 Å². The molecule has 234 valence electrons. The number of rotatable bonds is 8. The Hall–Kier alpha value is -4.38. The molecule has 1 amide bonds. The molecule has 1 aromatic heterocycles. The van der Waals surface area contributed by atoms with Gasteiger partial charge in [0, 0.05) is 56.1 Å². The molecular formula is C32H35FN8O4. The van der Waals surface area contributed by atoms with E-state index in [0.29, 0.717) is 36.2 Å². The summed E-state index contributed by atoms with van der Waals surface area (Å²) in [5.41, 5.74) is 1.48. The normalized spacial score (nSPS) is 23.1. The highest BCUT2D eigenvalue weighted by atomic mass is 19.1. The van der Waals surface area contributed by atoms with Crippen molar-refractivity contribution in [3.63, 3.8) is 0 Å². The van der Waals surface area contributed by atoms with Gasteiger partial charge in [0.05, 0.1) is 31.4 Å². The summed E-state index contributed by atoms with van der Waals surface area (Å²) in [5, 5.41) is 23.2. The molecule has 0 radical (unpaired) electrons. The summed E-state index contributed by atoms with van der Waals surface area (Å²) in [6.45, 7) is 5.85. The number of aromatic nitrogens is 3. The number of benzene rings is 2. The summed E-state index contributed by atoms with van der Waals surface area (Å²) < 4.78 is 26.3. The minimum Gasteiger partial charge on any atom is -0.486 e. The first-order valence-electron chi connectivity index (χ1n) is 15.4. The summed E-state index contributed by atoms with van der Waals surface area (Å²) in [6, 6.07) is 15.8. The van der Waals surface area contributed by atoms with Gasteiger partial charge in [0.15, 0.2) is 12.0 Å². The zero-order valence-electron chi connectivity index (χ0n) is 24.8. The van der Waals surface area contributed by atoms with Crippen molar-refractivity contribution in [2.75, 3.05) is 62.7 Å². The number of nitrogens with zero attached hydrogens (tertiary/aromatic N) is 7. The van der Waals surface area contributed by atoms with Crippen LogP contribution in [0, 0.1) is 11.3 Å². The van der Waals surface area contributed by atoms with Crippen molar-refractivity contribution in [2.24, 2.45) is 0 Å². The van der Waals surface area contributed by atoms with Crippen LogP contribution in [-0.2, 0) is 9.53 Å². The fourth-order valence-corrected chi connectivity index (χ4v) is 6.01. The number of carbonyl (C=O) groups excluding carboxylic acids is 1. The first-order chi connectivity index (χ1) is 21.9. The zero-order valence-corrected chi connectivity index (χ0v) is 24.8. The van der Waals surface area contributed by atoms with Gasteiger partial charge in [-0.05, 0) is 55.3 Å². The van der Waals surface area contributed by atoms with E-state index in [1.807, 2.05) is 12.1 Å². The van der Waals surface area contributed by atoms with Crippen LogP contribution in [0.2, 0.25) is 0 Å². The van der Waals surface area contributed by atoms with Gasteiger partial charge >= 0.3 is 0 Å². The van der Waals surface area contributed by atoms with E-state index in [4.69, 9.17) is 9.47 Å². The number of hydrogen-bond acceptors (Lipinski definition) is 11. The summed E-state index contributed by atoms with van der Waals surface area (Å²) in [6.07, 6.45) is 0.235. The third-order valence-corrected chi connectivity index (χ3v) is 9.04. The summed E-state index contributed by atoms with van der Waals surface area (Å²) in [4.78, 5) is 31.7. The average Bonchev–Trinajstić information content (AvgIpc) is 3.80. The predicted molar refractivity (Wildman–Crippen MR) is 163 cm³/mol. The molecule has 1 saturated carbocycles. The van der Waals surface area contributed by atoms with Gasteiger partial charge in [0.2, 0.25) is 5.95 Å². The lowest BCUT2D eigenvalue weighted by molar-refractivity contribution is -0.146. The second-order valence-corrected chi connectivity index (χ2v) is 12.1. The number of likely N-dealkylation sites (tertiary alicyclic amines) is 1. The van der Waals surface area contributed by atoms with Crippen LogP contribution in [0.3, 0.4) is 0 Å². The van der Waals surface area contributed by atoms with Crippen LogP contribution in [0.4, 0.5) is 21.7 Å². The quantitative estimate of drug-likeness (QED) is 0.387. The van der Waals surface area contributed by atoms with Gasteiger partial charge in [-0.3, -0.25) is 9.69 Å². The van der Waals surface area contributed by atoms with Crippen molar-refractivity contribution >= 4 is 23.2 Å². The van der Waals surface area contributed by atoms with Crippen LogP contribution in [0.5, 0.6) is 5.75 Å². The van der Waals surface area contributed by atoms with Crippen molar-refractivity contribution in [3.05, 3.63) is 54.4 Å². The highest BCUT2D eigenvalue weighted by Crippen LogP contribution is 2.38. The van der Waals surface area contributed by atoms with Gasteiger partial charge in [-0.25, -0.2) is 14.4 Å². The molecule has 2 N–H and O–H groups in total. The Balaban J connectivity index is 0.969. The maximum atomic E-state index is 15.0. The van der Waals surface area contributed by atoms with E-state index in [2.05, 4.69) is 48.3 Å². The number of halogens is 1. The fraction of sp³-hybridized carbons (Fsp3) is 0.469. The predicted octanol–water partition coefficient (Wildman–Crippen LogP) is 2.52. The van der Waals surface area contributed by atoms with Crippen LogP contribution in [0.1, 0.15) is 24.8 Å². The molecule has 4 heterocycles. The molecule has 4 aliphatic rings. The van der Waals surface area contributed by atoms with Gasteiger partial charge in [-0.1, -0.05) is 0 Å². The summed E-state index contributed by atoms with van der Waals surface area (Å²) in [7, 11) is 0. The topological polar surface area (TPSA) is 140 Å². The molecule has 1 aliphatic carbocycles. The highest BCUT2D eigenvalue weighted by Gasteiger charge is 2.51. The van der Waals surface area contributed by atoms with Gasteiger partial charge in [0.1, 0.15) is 29.9 Å². The highest BCUT2D eigenvalue weighted by molar-refractivity contribution is 5.88. The van der Waals surface area contributed by atoms with Gasteiger partial charge in [-0.15, -0.1) is 0 Å². The minimum atomic E-state index is -1.44. The molecular weight excluding hydrogens is 579 g/mol. The van der Waals surface area contributed by atoms with E-state index in [-0.39, 0.29) is 30.8 Å². The molecule has 0 bridgehead atoms. The molecule has 3 aromatic rings. The molecule has 7 rings (SSSR count). The number of anilines is 3. The number of ether oxygens (including phenoxy) is 2. The van der Waals surface area contributed by atoms with Crippen molar-refractivity contribution in [1.82, 2.24) is 24.8 Å². The molecule has 2 atom stereocenters. The maximum absolute atomic E-state index is 15.0. The van der Waals surface area contributed by atoms with E-state index in [0.717, 1.165) is 45.1 Å². The lowest BCUT2D eigenvalue weighted by Crippen LogP contribution is -2.56.